The predicted molar refractivity (Wildman–Crippen MR) is 49.2 cm³/mol. The Morgan fingerprint density at radius 1 is 1.50 bits per heavy atom. The average molecular weight is 169 g/mol. The highest BCUT2D eigenvalue weighted by Crippen LogP contribution is 2.35. The molecule has 2 fully saturated rings. The summed E-state index contributed by atoms with van der Waals surface area (Å²) in [6, 6.07) is 0.683. The summed E-state index contributed by atoms with van der Waals surface area (Å²) in [6.07, 6.45) is 3.75. The van der Waals surface area contributed by atoms with Crippen molar-refractivity contribution in [2.75, 3.05) is 13.2 Å². The van der Waals surface area contributed by atoms with E-state index in [1.165, 1.54) is 19.3 Å². The summed E-state index contributed by atoms with van der Waals surface area (Å²) in [6.45, 7) is 6.62. The Hall–Kier alpha value is -0.0800. The topological polar surface area (TPSA) is 21.3 Å². The van der Waals surface area contributed by atoms with Crippen molar-refractivity contribution in [2.24, 2.45) is 5.92 Å². The van der Waals surface area contributed by atoms with Crippen LogP contribution in [0.1, 0.15) is 33.1 Å². The highest BCUT2D eigenvalue weighted by molar-refractivity contribution is 4.98. The summed E-state index contributed by atoms with van der Waals surface area (Å²) in [5, 5.41) is 3.56. The van der Waals surface area contributed by atoms with Gasteiger partial charge in [-0.2, -0.15) is 0 Å². The molecule has 2 aliphatic rings. The number of rotatable bonds is 1. The summed E-state index contributed by atoms with van der Waals surface area (Å²) >= 11 is 0. The fraction of sp³-hybridized carbons (Fsp3) is 1.00. The molecule has 1 spiro atoms. The van der Waals surface area contributed by atoms with Crippen molar-refractivity contribution in [2.45, 2.75) is 44.8 Å². The number of hydrogen-bond donors (Lipinski definition) is 1. The first-order valence-electron chi connectivity index (χ1n) is 5.09. The predicted octanol–water partition coefficient (Wildman–Crippen LogP) is 1.55. The van der Waals surface area contributed by atoms with Gasteiger partial charge in [0.15, 0.2) is 0 Å². The van der Waals surface area contributed by atoms with Gasteiger partial charge in [-0.25, -0.2) is 0 Å². The number of nitrogens with one attached hydrogen (secondary N) is 1. The van der Waals surface area contributed by atoms with Crippen molar-refractivity contribution in [1.82, 2.24) is 5.32 Å². The molecular formula is C10H19NO. The highest BCUT2D eigenvalue weighted by Gasteiger charge is 2.42. The Balaban J connectivity index is 1.96. The zero-order chi connectivity index (χ0) is 8.60. The van der Waals surface area contributed by atoms with Crippen LogP contribution in [0, 0.1) is 5.92 Å². The van der Waals surface area contributed by atoms with Crippen molar-refractivity contribution < 1.29 is 4.74 Å². The van der Waals surface area contributed by atoms with Gasteiger partial charge in [0.2, 0.25) is 0 Å². The van der Waals surface area contributed by atoms with E-state index < -0.39 is 0 Å². The molecule has 0 aromatic heterocycles. The molecule has 2 saturated heterocycles. The maximum absolute atomic E-state index is 5.82. The minimum atomic E-state index is 0.231. The van der Waals surface area contributed by atoms with Gasteiger partial charge in [-0.1, -0.05) is 13.8 Å². The molecule has 0 aromatic carbocycles. The van der Waals surface area contributed by atoms with E-state index in [9.17, 15) is 0 Å². The Bertz CT molecular complexity index is 161. The molecule has 2 nitrogen and oxygen atoms in total. The smallest absolute Gasteiger partial charge is 0.0822 e. The molecule has 2 atom stereocenters. The summed E-state index contributed by atoms with van der Waals surface area (Å²) in [7, 11) is 0. The van der Waals surface area contributed by atoms with Crippen LogP contribution in [0.25, 0.3) is 0 Å². The van der Waals surface area contributed by atoms with E-state index in [-0.39, 0.29) is 5.60 Å². The molecule has 2 unspecified atom stereocenters. The molecule has 0 amide bonds. The minimum Gasteiger partial charge on any atom is -0.374 e. The van der Waals surface area contributed by atoms with E-state index >= 15 is 0 Å². The van der Waals surface area contributed by atoms with Gasteiger partial charge in [0.05, 0.1) is 5.60 Å². The van der Waals surface area contributed by atoms with Crippen molar-refractivity contribution in [3.63, 3.8) is 0 Å². The van der Waals surface area contributed by atoms with Gasteiger partial charge in [-0.3, -0.25) is 0 Å². The molecule has 12 heavy (non-hydrogen) atoms. The first-order valence-corrected chi connectivity index (χ1v) is 5.09. The lowest BCUT2D eigenvalue weighted by atomic mass is 9.92. The SMILES string of the molecule is CC(C)C1CC2(CCCO2)CN1. The second-order valence-corrected chi connectivity index (χ2v) is 4.57. The monoisotopic (exact) mass is 169 g/mol. The second kappa shape index (κ2) is 3.00. The van der Waals surface area contributed by atoms with Gasteiger partial charge in [-0.05, 0) is 25.2 Å². The fourth-order valence-corrected chi connectivity index (χ4v) is 2.39. The molecule has 0 radical (unpaired) electrons. The molecule has 1 N–H and O–H groups in total. The molecule has 0 aliphatic carbocycles. The number of hydrogen-bond acceptors (Lipinski definition) is 2. The van der Waals surface area contributed by atoms with E-state index in [4.69, 9.17) is 4.74 Å². The second-order valence-electron chi connectivity index (χ2n) is 4.57. The largest absolute Gasteiger partial charge is 0.374 e. The number of ether oxygens (including phenoxy) is 1. The van der Waals surface area contributed by atoms with Crippen LogP contribution in [-0.2, 0) is 4.74 Å². The van der Waals surface area contributed by atoms with Crippen LogP contribution in [0.2, 0.25) is 0 Å². The lowest BCUT2D eigenvalue weighted by Gasteiger charge is -2.21. The van der Waals surface area contributed by atoms with Crippen LogP contribution in [0.3, 0.4) is 0 Å². The Morgan fingerprint density at radius 2 is 2.33 bits per heavy atom. The van der Waals surface area contributed by atoms with Crippen LogP contribution < -0.4 is 5.32 Å². The molecule has 2 rings (SSSR count). The first kappa shape index (κ1) is 8.52. The molecular weight excluding hydrogens is 150 g/mol. The molecule has 0 saturated carbocycles. The zero-order valence-electron chi connectivity index (χ0n) is 8.10. The van der Waals surface area contributed by atoms with Gasteiger partial charge >= 0.3 is 0 Å². The Morgan fingerprint density at radius 3 is 2.83 bits per heavy atom. The maximum Gasteiger partial charge on any atom is 0.0822 e. The van der Waals surface area contributed by atoms with Gasteiger partial charge in [0.1, 0.15) is 0 Å². The van der Waals surface area contributed by atoms with Crippen LogP contribution in [-0.4, -0.2) is 24.8 Å². The standard InChI is InChI=1S/C10H19NO/c1-8(2)9-6-10(7-11-9)4-3-5-12-10/h8-9,11H,3-7H2,1-2H3. The Labute approximate surface area is 74.7 Å². The first-order chi connectivity index (χ1) is 5.72. The van der Waals surface area contributed by atoms with Gasteiger partial charge in [0.25, 0.3) is 0 Å². The normalized spacial score (nSPS) is 41.8. The van der Waals surface area contributed by atoms with E-state index in [0.717, 1.165) is 19.1 Å². The van der Waals surface area contributed by atoms with E-state index in [2.05, 4.69) is 19.2 Å². The minimum absolute atomic E-state index is 0.231. The van der Waals surface area contributed by atoms with E-state index in [0.29, 0.717) is 6.04 Å². The van der Waals surface area contributed by atoms with Gasteiger partial charge < -0.3 is 10.1 Å². The van der Waals surface area contributed by atoms with Crippen molar-refractivity contribution in [3.8, 4) is 0 Å². The lowest BCUT2D eigenvalue weighted by molar-refractivity contribution is 0.0186. The summed E-state index contributed by atoms with van der Waals surface area (Å²) in [5.41, 5.74) is 0.231. The van der Waals surface area contributed by atoms with E-state index in [1.807, 2.05) is 0 Å². The molecule has 2 heteroatoms. The third-order valence-corrected chi connectivity index (χ3v) is 3.27. The zero-order valence-corrected chi connectivity index (χ0v) is 8.10. The van der Waals surface area contributed by atoms with Crippen molar-refractivity contribution >= 4 is 0 Å². The highest BCUT2D eigenvalue weighted by atomic mass is 16.5. The quantitative estimate of drug-likeness (QED) is 0.643. The molecule has 70 valence electrons. The third-order valence-electron chi connectivity index (χ3n) is 3.27. The molecule has 2 aliphatic heterocycles. The molecule has 0 bridgehead atoms. The molecule has 2 heterocycles. The fourth-order valence-electron chi connectivity index (χ4n) is 2.39. The summed E-state index contributed by atoms with van der Waals surface area (Å²) in [5.74, 6) is 0.744. The van der Waals surface area contributed by atoms with Crippen LogP contribution >= 0.6 is 0 Å². The summed E-state index contributed by atoms with van der Waals surface area (Å²) in [4.78, 5) is 0. The van der Waals surface area contributed by atoms with Gasteiger partial charge in [0, 0.05) is 19.2 Å². The van der Waals surface area contributed by atoms with Crippen LogP contribution in [0.15, 0.2) is 0 Å². The lowest BCUT2D eigenvalue weighted by Crippen LogP contribution is -2.30. The Kier molecular flexibility index (Phi) is 2.13. The van der Waals surface area contributed by atoms with E-state index in [1.54, 1.807) is 0 Å². The maximum atomic E-state index is 5.82. The molecule has 0 aromatic rings. The van der Waals surface area contributed by atoms with Crippen molar-refractivity contribution in [3.05, 3.63) is 0 Å². The summed E-state index contributed by atoms with van der Waals surface area (Å²) < 4.78 is 5.82. The average Bonchev–Trinajstić information content (AvgIpc) is 2.62. The third kappa shape index (κ3) is 1.38. The van der Waals surface area contributed by atoms with Crippen LogP contribution in [0.5, 0.6) is 0 Å². The van der Waals surface area contributed by atoms with Crippen molar-refractivity contribution in [1.29, 1.82) is 0 Å². The van der Waals surface area contributed by atoms with Crippen LogP contribution in [0.4, 0.5) is 0 Å². The van der Waals surface area contributed by atoms with Gasteiger partial charge in [-0.15, -0.1) is 0 Å².